The molecule has 0 radical (unpaired) electrons. The molecule has 0 aromatic heterocycles. The van der Waals surface area contributed by atoms with Crippen molar-refractivity contribution in [2.24, 2.45) is 4.99 Å². The zero-order valence-corrected chi connectivity index (χ0v) is 14.4. The van der Waals surface area contributed by atoms with Gasteiger partial charge in [-0.05, 0) is 59.9 Å². The molecule has 0 aliphatic carbocycles. The molecule has 1 heterocycles. The molecule has 2 heteroatoms. The number of hydrogen-bond acceptors (Lipinski definition) is 2. The maximum Gasteiger partial charge on any atom is 0.118 e. The third-order valence-electron chi connectivity index (χ3n) is 4.83. The highest BCUT2D eigenvalue weighted by molar-refractivity contribution is 6.09. The molecule has 4 rings (SSSR count). The van der Waals surface area contributed by atoms with Crippen LogP contribution in [-0.2, 0) is 6.42 Å². The maximum atomic E-state index is 5.29. The van der Waals surface area contributed by atoms with Crippen LogP contribution in [0.5, 0.6) is 5.75 Å². The lowest BCUT2D eigenvalue weighted by Gasteiger charge is -2.15. The third kappa shape index (κ3) is 3.20. The number of ether oxygens (including phenoxy) is 1. The molecule has 1 aliphatic heterocycles. The van der Waals surface area contributed by atoms with Crippen molar-refractivity contribution < 1.29 is 4.74 Å². The molecule has 1 atom stereocenters. The number of methoxy groups -OCH3 is 1. The molecule has 0 fully saturated rings. The van der Waals surface area contributed by atoms with Gasteiger partial charge >= 0.3 is 0 Å². The molecule has 3 aromatic carbocycles. The van der Waals surface area contributed by atoms with Gasteiger partial charge in [-0.1, -0.05) is 48.5 Å². The lowest BCUT2D eigenvalue weighted by Crippen LogP contribution is -2.11. The number of nitrogens with zero attached hydrogens (tertiary/aromatic N) is 1. The summed E-state index contributed by atoms with van der Waals surface area (Å²) in [5.41, 5.74) is 6.16. The van der Waals surface area contributed by atoms with Crippen LogP contribution in [0.4, 0.5) is 5.69 Å². The largest absolute Gasteiger partial charge is 0.497 e. The fourth-order valence-corrected chi connectivity index (χ4v) is 3.51. The summed E-state index contributed by atoms with van der Waals surface area (Å²) in [6, 6.07) is 27.4. The van der Waals surface area contributed by atoms with Crippen molar-refractivity contribution in [3.63, 3.8) is 0 Å². The number of rotatable bonds is 5. The number of aryl methyl sites for hydroxylation is 1. The highest BCUT2D eigenvalue weighted by Gasteiger charge is 2.27. The Morgan fingerprint density at radius 3 is 2.32 bits per heavy atom. The van der Waals surface area contributed by atoms with E-state index in [9.17, 15) is 0 Å². The van der Waals surface area contributed by atoms with Crippen LogP contribution < -0.4 is 4.74 Å². The van der Waals surface area contributed by atoms with Gasteiger partial charge in [-0.2, -0.15) is 0 Å². The first-order valence-electron chi connectivity index (χ1n) is 8.71. The summed E-state index contributed by atoms with van der Waals surface area (Å²) >= 11 is 0. The van der Waals surface area contributed by atoms with E-state index in [4.69, 9.17) is 9.73 Å². The molecule has 0 saturated carbocycles. The molecule has 3 aromatic rings. The maximum absolute atomic E-state index is 5.29. The molecule has 1 aliphatic rings. The van der Waals surface area contributed by atoms with E-state index in [0.717, 1.165) is 24.3 Å². The van der Waals surface area contributed by atoms with Crippen LogP contribution in [0, 0.1) is 0 Å². The Labute approximate surface area is 148 Å². The normalized spacial score (nSPS) is 15.6. The average molecular weight is 327 g/mol. The molecular formula is C23H21NO. The van der Waals surface area contributed by atoms with Crippen LogP contribution in [0.25, 0.3) is 0 Å². The van der Waals surface area contributed by atoms with E-state index in [1.165, 1.54) is 22.4 Å². The first kappa shape index (κ1) is 15.6. The van der Waals surface area contributed by atoms with Crippen LogP contribution in [0.3, 0.4) is 0 Å². The van der Waals surface area contributed by atoms with Gasteiger partial charge in [-0.3, -0.25) is 4.99 Å². The van der Waals surface area contributed by atoms with Crippen molar-refractivity contribution in [2.45, 2.75) is 18.8 Å². The van der Waals surface area contributed by atoms with Crippen LogP contribution in [0.1, 0.15) is 29.0 Å². The smallest absolute Gasteiger partial charge is 0.118 e. The Hall–Kier alpha value is -2.87. The first-order valence-corrected chi connectivity index (χ1v) is 8.71. The summed E-state index contributed by atoms with van der Waals surface area (Å²) in [6.45, 7) is 0. The van der Waals surface area contributed by atoms with Gasteiger partial charge in [-0.25, -0.2) is 0 Å². The number of benzene rings is 3. The second kappa shape index (κ2) is 6.94. The lowest BCUT2D eigenvalue weighted by atomic mass is 9.87. The lowest BCUT2D eigenvalue weighted by molar-refractivity contribution is 0.415. The first-order chi connectivity index (χ1) is 12.3. The summed E-state index contributed by atoms with van der Waals surface area (Å²) in [5.74, 6) is 1.21. The molecule has 0 amide bonds. The predicted octanol–water partition coefficient (Wildman–Crippen LogP) is 5.55. The zero-order valence-electron chi connectivity index (χ0n) is 14.4. The van der Waals surface area contributed by atoms with Gasteiger partial charge in [0.05, 0.1) is 18.5 Å². The topological polar surface area (TPSA) is 21.6 Å². The molecular weight excluding hydrogens is 306 g/mol. The summed E-state index contributed by atoms with van der Waals surface area (Å²) in [7, 11) is 1.70. The van der Waals surface area contributed by atoms with Crippen LogP contribution in [0.15, 0.2) is 83.9 Å². The van der Waals surface area contributed by atoms with E-state index in [1.807, 2.05) is 12.1 Å². The van der Waals surface area contributed by atoms with E-state index in [1.54, 1.807) is 7.11 Å². The standard InChI is InChI=1S/C23H21NO/c1-25-19-14-12-18(13-15-19)23-21(16-11-17-7-3-2-4-8-17)20-9-5-6-10-22(20)24-23/h2-10,12-15,21H,11,16H2,1H3. The van der Waals surface area contributed by atoms with Crippen molar-refractivity contribution in [1.82, 2.24) is 0 Å². The van der Waals surface area contributed by atoms with Gasteiger partial charge < -0.3 is 4.74 Å². The predicted molar refractivity (Wildman–Crippen MR) is 103 cm³/mol. The van der Waals surface area contributed by atoms with Gasteiger partial charge in [-0.15, -0.1) is 0 Å². The molecule has 0 N–H and O–H groups in total. The zero-order chi connectivity index (χ0) is 17.1. The molecule has 0 spiro atoms. The number of para-hydroxylation sites is 1. The van der Waals surface area contributed by atoms with E-state index in [-0.39, 0.29) is 0 Å². The number of aliphatic imine (C=N–C) groups is 1. The van der Waals surface area contributed by atoms with Crippen molar-refractivity contribution in [2.75, 3.05) is 7.11 Å². The van der Waals surface area contributed by atoms with Crippen molar-refractivity contribution in [1.29, 1.82) is 0 Å². The third-order valence-corrected chi connectivity index (χ3v) is 4.83. The molecule has 2 nitrogen and oxygen atoms in total. The minimum absolute atomic E-state index is 0.338. The average Bonchev–Trinajstić information content (AvgIpc) is 3.06. The Morgan fingerprint density at radius 2 is 1.56 bits per heavy atom. The Balaban J connectivity index is 1.64. The van der Waals surface area contributed by atoms with Gasteiger partial charge in [0.1, 0.15) is 5.75 Å². The molecule has 0 saturated heterocycles. The van der Waals surface area contributed by atoms with E-state index in [2.05, 4.69) is 66.7 Å². The molecule has 124 valence electrons. The SMILES string of the molecule is COc1ccc(C2=Nc3ccccc3C2CCc2ccccc2)cc1. The molecule has 0 bridgehead atoms. The van der Waals surface area contributed by atoms with Crippen LogP contribution >= 0.6 is 0 Å². The molecule has 25 heavy (non-hydrogen) atoms. The van der Waals surface area contributed by atoms with Crippen molar-refractivity contribution in [3.8, 4) is 5.75 Å². The summed E-state index contributed by atoms with van der Waals surface area (Å²) in [4.78, 5) is 4.95. The van der Waals surface area contributed by atoms with Gasteiger partial charge in [0, 0.05) is 5.92 Å². The van der Waals surface area contributed by atoms with Gasteiger partial charge in [0.2, 0.25) is 0 Å². The second-order valence-corrected chi connectivity index (χ2v) is 6.36. The number of hydrogen-bond donors (Lipinski definition) is 0. The summed E-state index contributed by atoms with van der Waals surface area (Å²) < 4.78 is 5.29. The fourth-order valence-electron chi connectivity index (χ4n) is 3.51. The Morgan fingerprint density at radius 1 is 0.840 bits per heavy atom. The minimum atomic E-state index is 0.338. The summed E-state index contributed by atoms with van der Waals surface area (Å²) in [5, 5.41) is 0. The Kier molecular flexibility index (Phi) is 4.34. The van der Waals surface area contributed by atoms with Crippen LogP contribution in [0.2, 0.25) is 0 Å². The van der Waals surface area contributed by atoms with Crippen molar-refractivity contribution >= 4 is 11.4 Å². The number of fused-ring (bicyclic) bond motifs is 1. The van der Waals surface area contributed by atoms with Gasteiger partial charge in [0.15, 0.2) is 0 Å². The highest BCUT2D eigenvalue weighted by Crippen LogP contribution is 2.40. The van der Waals surface area contributed by atoms with E-state index in [0.29, 0.717) is 5.92 Å². The van der Waals surface area contributed by atoms with E-state index < -0.39 is 0 Å². The minimum Gasteiger partial charge on any atom is -0.497 e. The monoisotopic (exact) mass is 327 g/mol. The highest BCUT2D eigenvalue weighted by atomic mass is 16.5. The quantitative estimate of drug-likeness (QED) is 0.602. The van der Waals surface area contributed by atoms with Gasteiger partial charge in [0.25, 0.3) is 0 Å². The summed E-state index contributed by atoms with van der Waals surface area (Å²) in [6.07, 6.45) is 2.11. The fraction of sp³-hybridized carbons (Fsp3) is 0.174. The molecule has 1 unspecified atom stereocenters. The van der Waals surface area contributed by atoms with Crippen molar-refractivity contribution in [3.05, 3.63) is 95.6 Å². The Bertz CT molecular complexity index is 881. The van der Waals surface area contributed by atoms with Crippen LogP contribution in [-0.4, -0.2) is 12.8 Å². The second-order valence-electron chi connectivity index (χ2n) is 6.36. The van der Waals surface area contributed by atoms with E-state index >= 15 is 0 Å².